The van der Waals surface area contributed by atoms with Crippen LogP contribution in [0.4, 0.5) is 17.1 Å². The molecule has 0 fully saturated rings. The maximum absolute atomic E-state index is 6.49. The predicted octanol–water partition coefficient (Wildman–Crippen LogP) is 14.9. The van der Waals surface area contributed by atoms with Gasteiger partial charge in [0, 0.05) is 33.1 Å². The number of furan rings is 1. The highest BCUT2D eigenvalue weighted by Crippen LogP contribution is 2.44. The molecule has 0 bridgehead atoms. The molecule has 0 radical (unpaired) electrons. The zero-order valence-corrected chi connectivity index (χ0v) is 29.6. The lowest BCUT2D eigenvalue weighted by molar-refractivity contribution is 0.672. The van der Waals surface area contributed by atoms with Gasteiger partial charge in [-0.05, 0) is 92.9 Å². The van der Waals surface area contributed by atoms with Gasteiger partial charge in [0.05, 0.1) is 5.69 Å². The van der Waals surface area contributed by atoms with E-state index in [2.05, 4.69) is 217 Å². The second kappa shape index (κ2) is 13.4. The molecule has 54 heavy (non-hydrogen) atoms. The van der Waals surface area contributed by atoms with Gasteiger partial charge < -0.3 is 9.32 Å². The molecule has 9 aromatic carbocycles. The number of nitrogens with zero attached hydrogens (tertiary/aromatic N) is 1. The summed E-state index contributed by atoms with van der Waals surface area (Å²) < 4.78 is 6.49. The highest BCUT2D eigenvalue weighted by atomic mass is 16.3. The van der Waals surface area contributed by atoms with Crippen molar-refractivity contribution in [2.45, 2.75) is 0 Å². The molecule has 2 nitrogen and oxygen atoms in total. The molecule has 1 heterocycles. The first kappa shape index (κ1) is 31.6. The molecule has 2 heteroatoms. The van der Waals surface area contributed by atoms with Gasteiger partial charge in [-0.3, -0.25) is 0 Å². The summed E-state index contributed by atoms with van der Waals surface area (Å²) in [5.41, 5.74) is 14.5. The normalized spacial score (nSPS) is 11.3. The van der Waals surface area contributed by atoms with Crippen molar-refractivity contribution in [2.75, 3.05) is 4.90 Å². The van der Waals surface area contributed by atoms with Gasteiger partial charge in [-0.15, -0.1) is 0 Å². The molecule has 0 spiro atoms. The molecule has 0 amide bonds. The van der Waals surface area contributed by atoms with E-state index < -0.39 is 0 Å². The Morgan fingerprint density at radius 3 is 1.63 bits per heavy atom. The van der Waals surface area contributed by atoms with Crippen LogP contribution in [0, 0.1) is 0 Å². The van der Waals surface area contributed by atoms with E-state index in [0.717, 1.165) is 55.5 Å². The number of benzene rings is 9. The highest BCUT2D eigenvalue weighted by molar-refractivity contribution is 6.15. The Balaban J connectivity index is 1.09. The van der Waals surface area contributed by atoms with Crippen molar-refractivity contribution in [3.8, 4) is 44.5 Å². The summed E-state index contributed by atoms with van der Waals surface area (Å²) in [5, 5.41) is 4.55. The van der Waals surface area contributed by atoms with Crippen molar-refractivity contribution in [1.29, 1.82) is 0 Å². The first-order valence-electron chi connectivity index (χ1n) is 18.4. The zero-order valence-electron chi connectivity index (χ0n) is 29.6. The van der Waals surface area contributed by atoms with Crippen LogP contribution in [0.1, 0.15) is 0 Å². The lowest BCUT2D eigenvalue weighted by Gasteiger charge is -2.28. The van der Waals surface area contributed by atoms with Crippen molar-refractivity contribution in [3.05, 3.63) is 212 Å². The molecule has 0 atom stereocenters. The number of hydrogen-bond donors (Lipinski definition) is 0. The Morgan fingerprint density at radius 1 is 0.315 bits per heavy atom. The molecule has 0 unspecified atom stereocenters. The Morgan fingerprint density at radius 2 is 0.889 bits per heavy atom. The van der Waals surface area contributed by atoms with Crippen LogP contribution in [0.2, 0.25) is 0 Å². The van der Waals surface area contributed by atoms with E-state index in [9.17, 15) is 0 Å². The van der Waals surface area contributed by atoms with E-state index in [4.69, 9.17) is 4.42 Å². The van der Waals surface area contributed by atoms with Crippen molar-refractivity contribution in [3.63, 3.8) is 0 Å². The third kappa shape index (κ3) is 5.71. The van der Waals surface area contributed by atoms with Crippen molar-refractivity contribution >= 4 is 49.8 Å². The van der Waals surface area contributed by atoms with E-state index in [1.54, 1.807) is 0 Å². The summed E-state index contributed by atoms with van der Waals surface area (Å²) in [4.78, 5) is 2.38. The number of hydrogen-bond acceptors (Lipinski definition) is 2. The lowest BCUT2D eigenvalue weighted by Crippen LogP contribution is -2.11. The van der Waals surface area contributed by atoms with Gasteiger partial charge in [-0.1, -0.05) is 164 Å². The minimum Gasteiger partial charge on any atom is -0.455 e. The Labute approximate surface area is 314 Å². The fourth-order valence-electron chi connectivity index (χ4n) is 7.76. The minimum absolute atomic E-state index is 0.891. The van der Waals surface area contributed by atoms with Crippen LogP contribution < -0.4 is 4.90 Å². The quantitative estimate of drug-likeness (QED) is 0.166. The van der Waals surface area contributed by atoms with E-state index in [1.807, 2.05) is 0 Å². The molecular weight excluding hydrogens is 655 g/mol. The monoisotopic (exact) mass is 689 g/mol. The van der Waals surface area contributed by atoms with E-state index in [1.165, 1.54) is 38.8 Å². The Hall–Kier alpha value is -7.16. The van der Waals surface area contributed by atoms with Crippen LogP contribution in [0.3, 0.4) is 0 Å². The van der Waals surface area contributed by atoms with Crippen LogP contribution in [0.15, 0.2) is 217 Å². The maximum atomic E-state index is 6.49. The summed E-state index contributed by atoms with van der Waals surface area (Å²) in [6.45, 7) is 0. The van der Waals surface area contributed by atoms with Crippen molar-refractivity contribution in [2.24, 2.45) is 0 Å². The first-order chi connectivity index (χ1) is 26.8. The number of rotatable bonds is 7. The van der Waals surface area contributed by atoms with Crippen LogP contribution in [-0.2, 0) is 0 Å². The summed E-state index contributed by atoms with van der Waals surface area (Å²) in [6, 6.07) is 75.9. The van der Waals surface area contributed by atoms with E-state index in [-0.39, 0.29) is 0 Å². The average Bonchev–Trinajstić information content (AvgIpc) is 3.64. The molecule has 0 N–H and O–H groups in total. The molecule has 0 aliphatic carbocycles. The van der Waals surface area contributed by atoms with Gasteiger partial charge in [0.1, 0.15) is 11.2 Å². The van der Waals surface area contributed by atoms with Crippen LogP contribution in [0.5, 0.6) is 0 Å². The topological polar surface area (TPSA) is 16.4 Å². The third-order valence-electron chi connectivity index (χ3n) is 10.5. The predicted molar refractivity (Wildman–Crippen MR) is 228 cm³/mol. The molecule has 10 rings (SSSR count). The fraction of sp³-hybridized carbons (Fsp3) is 0. The summed E-state index contributed by atoms with van der Waals surface area (Å²) in [6.07, 6.45) is 0. The Kier molecular flexibility index (Phi) is 7.85. The molecule has 1 aromatic heterocycles. The molecule has 10 aromatic rings. The summed E-state index contributed by atoms with van der Waals surface area (Å²) >= 11 is 0. The van der Waals surface area contributed by atoms with Gasteiger partial charge >= 0.3 is 0 Å². The maximum Gasteiger partial charge on any atom is 0.143 e. The SMILES string of the molecule is c1ccc(-c2ccc(-c3ccc(N(c4cccc(-c5ccccc5)c4)c4ccccc4-c4ccc5oc6c7ccccc7ccc6c5c4)cc3)cc2)cc1. The average molecular weight is 690 g/mol. The van der Waals surface area contributed by atoms with E-state index in [0.29, 0.717) is 0 Å². The smallest absolute Gasteiger partial charge is 0.143 e. The van der Waals surface area contributed by atoms with Gasteiger partial charge in [-0.25, -0.2) is 0 Å². The molecular formula is C52H35NO. The van der Waals surface area contributed by atoms with Gasteiger partial charge in [0.25, 0.3) is 0 Å². The molecule has 0 saturated carbocycles. The van der Waals surface area contributed by atoms with Crippen LogP contribution in [0.25, 0.3) is 77.2 Å². The number of fused-ring (bicyclic) bond motifs is 5. The molecule has 0 aliphatic rings. The second-order valence-corrected chi connectivity index (χ2v) is 13.7. The third-order valence-corrected chi connectivity index (χ3v) is 10.5. The van der Waals surface area contributed by atoms with Crippen molar-refractivity contribution < 1.29 is 4.42 Å². The Bertz CT molecular complexity index is 2910. The molecule has 254 valence electrons. The summed E-state index contributed by atoms with van der Waals surface area (Å²) in [7, 11) is 0. The van der Waals surface area contributed by atoms with Crippen molar-refractivity contribution in [1.82, 2.24) is 0 Å². The number of para-hydroxylation sites is 1. The molecule has 0 aliphatic heterocycles. The first-order valence-corrected chi connectivity index (χ1v) is 18.4. The summed E-state index contributed by atoms with van der Waals surface area (Å²) in [5.74, 6) is 0. The van der Waals surface area contributed by atoms with Gasteiger partial charge in [0.15, 0.2) is 0 Å². The van der Waals surface area contributed by atoms with Gasteiger partial charge in [-0.2, -0.15) is 0 Å². The van der Waals surface area contributed by atoms with E-state index >= 15 is 0 Å². The van der Waals surface area contributed by atoms with Crippen LogP contribution in [-0.4, -0.2) is 0 Å². The second-order valence-electron chi connectivity index (χ2n) is 13.7. The molecule has 0 saturated heterocycles. The lowest BCUT2D eigenvalue weighted by atomic mass is 9.98. The fourth-order valence-corrected chi connectivity index (χ4v) is 7.76. The largest absolute Gasteiger partial charge is 0.455 e. The van der Waals surface area contributed by atoms with Gasteiger partial charge in [0.2, 0.25) is 0 Å². The number of anilines is 3. The minimum atomic E-state index is 0.891. The van der Waals surface area contributed by atoms with Crippen LogP contribution >= 0.6 is 0 Å². The standard InChI is InChI=1S/C52H35NO/c1-3-12-36(13-4-1)38-22-24-39(25-23-38)40-26-30-44(31-27-40)53(45-18-11-17-42(34-45)37-14-5-2-6-15-37)50-21-10-9-19-46(50)43-29-33-51-49(35-43)48-32-28-41-16-7-8-20-47(41)52(48)54-51/h1-35H. The highest BCUT2D eigenvalue weighted by Gasteiger charge is 2.19. The zero-order chi connectivity index (χ0) is 35.8.